The van der Waals surface area contributed by atoms with Gasteiger partial charge in [-0.05, 0) is 0 Å². The molecule has 1 aromatic heterocycles. The molecule has 0 radical (unpaired) electrons. The Kier molecular flexibility index (Phi) is 9.14. The van der Waals surface area contributed by atoms with Gasteiger partial charge in [0.2, 0.25) is 0 Å². The van der Waals surface area contributed by atoms with Crippen LogP contribution in [0.5, 0.6) is 0 Å². The van der Waals surface area contributed by atoms with Crippen LogP contribution >= 0.6 is 11.3 Å². The van der Waals surface area contributed by atoms with Crippen LogP contribution in [0.25, 0.3) is 10.6 Å². The van der Waals surface area contributed by atoms with Gasteiger partial charge in [-0.3, -0.25) is 0 Å². The predicted molar refractivity (Wildman–Crippen MR) is 117 cm³/mol. The van der Waals surface area contributed by atoms with Crippen LogP contribution in [0.1, 0.15) is 64.9 Å². The molecule has 2 nitrogen and oxygen atoms in total. The minimum absolute atomic E-state index is 0.719. The van der Waals surface area contributed by atoms with Crippen molar-refractivity contribution in [2.45, 2.75) is 72.6 Å². The van der Waals surface area contributed by atoms with Gasteiger partial charge in [0.1, 0.15) is 0 Å². The summed E-state index contributed by atoms with van der Waals surface area (Å²) >= 11 is -0.442. The second-order valence-electron chi connectivity index (χ2n) is 7.31. The quantitative estimate of drug-likeness (QED) is 0.338. The number of hydrogen-bond acceptors (Lipinski definition) is 3. The molecule has 0 aliphatic heterocycles. The van der Waals surface area contributed by atoms with E-state index in [2.05, 4.69) is 39.1 Å². The van der Waals surface area contributed by atoms with Crippen LogP contribution in [0.15, 0.2) is 30.5 Å². The van der Waals surface area contributed by atoms with Gasteiger partial charge in [0.05, 0.1) is 0 Å². The summed E-state index contributed by atoms with van der Waals surface area (Å²) in [5.74, 6) is 0. The molecule has 0 saturated heterocycles. The van der Waals surface area contributed by atoms with Gasteiger partial charge in [0.25, 0.3) is 0 Å². The van der Waals surface area contributed by atoms with Crippen LogP contribution in [-0.2, 0) is 0 Å². The maximum atomic E-state index is 9.18. The Bertz CT molecular complexity index is 695. The van der Waals surface area contributed by atoms with Crippen LogP contribution < -0.4 is 2.89 Å². The van der Waals surface area contributed by atoms with Crippen LogP contribution in [0, 0.1) is 11.3 Å². The zero-order valence-electron chi connectivity index (χ0n) is 16.6. The van der Waals surface area contributed by atoms with Crippen molar-refractivity contribution in [2.24, 2.45) is 0 Å². The molecule has 2 aromatic rings. The van der Waals surface area contributed by atoms with E-state index in [1.807, 2.05) is 29.5 Å². The summed E-state index contributed by atoms with van der Waals surface area (Å²) < 4.78 is 6.09. The molecular weight excluding hydrogens is 443 g/mol. The Hall–Kier alpha value is -0.861. The summed E-state index contributed by atoms with van der Waals surface area (Å²) in [6.45, 7) is 6.96. The van der Waals surface area contributed by atoms with Gasteiger partial charge < -0.3 is 0 Å². The standard InChI is InChI=1S/C10H5N2S.3C4H9.Sn/c11-7-8-2-1-3-9(6-8)10-12-4-5-13-10;3*1-3-4-2;/h1-4,6H;3*1,3-4H2,2H3;. The second-order valence-corrected chi connectivity index (χ2v) is 22.5. The average molecular weight is 475 g/mol. The van der Waals surface area contributed by atoms with Crippen molar-refractivity contribution in [2.75, 3.05) is 0 Å². The number of nitriles is 1. The first-order valence-corrected chi connectivity index (χ1v) is 18.5. The molecule has 0 fully saturated rings. The first-order chi connectivity index (χ1) is 12.7. The topological polar surface area (TPSA) is 36.7 Å². The molecule has 0 N–H and O–H groups in total. The van der Waals surface area contributed by atoms with E-state index in [4.69, 9.17) is 4.98 Å². The molecule has 2 rings (SSSR count). The molecule has 0 amide bonds. The van der Waals surface area contributed by atoms with E-state index < -0.39 is 18.4 Å². The monoisotopic (exact) mass is 476 g/mol. The zero-order chi connectivity index (χ0) is 18.8. The molecule has 0 spiro atoms. The van der Waals surface area contributed by atoms with Crippen LogP contribution in [-0.4, -0.2) is 23.4 Å². The molecule has 1 heterocycles. The van der Waals surface area contributed by atoms with Gasteiger partial charge in [0.15, 0.2) is 0 Å². The molecule has 4 heteroatoms. The van der Waals surface area contributed by atoms with Crippen LogP contribution in [0.3, 0.4) is 0 Å². The predicted octanol–water partition coefficient (Wildman–Crippen LogP) is 6.74. The Balaban J connectivity index is 2.37. The first-order valence-electron chi connectivity index (χ1n) is 10.2. The van der Waals surface area contributed by atoms with E-state index in [9.17, 15) is 5.26 Å². The van der Waals surface area contributed by atoms with Gasteiger partial charge in [0, 0.05) is 0 Å². The van der Waals surface area contributed by atoms with E-state index in [1.165, 1.54) is 51.8 Å². The molecule has 0 atom stereocenters. The minimum atomic E-state index is -2.38. The van der Waals surface area contributed by atoms with Crippen molar-refractivity contribution in [3.8, 4) is 16.6 Å². The number of hydrogen-bond donors (Lipinski definition) is 0. The van der Waals surface area contributed by atoms with Gasteiger partial charge in [-0.1, -0.05) is 0 Å². The molecule has 1 aromatic carbocycles. The molecule has 0 aliphatic rings. The third-order valence-corrected chi connectivity index (χ3v) is 24.5. The Morgan fingerprint density at radius 2 is 1.62 bits per heavy atom. The number of benzene rings is 1. The van der Waals surface area contributed by atoms with Gasteiger partial charge in [-0.15, -0.1) is 0 Å². The summed E-state index contributed by atoms with van der Waals surface area (Å²) in [6.07, 6.45) is 10.2. The molecule has 0 unspecified atom stereocenters. The van der Waals surface area contributed by atoms with Gasteiger partial charge in [-0.25, -0.2) is 0 Å². The Morgan fingerprint density at radius 1 is 1.00 bits per heavy atom. The summed E-state index contributed by atoms with van der Waals surface area (Å²) in [6, 6.07) is 10.1. The van der Waals surface area contributed by atoms with Crippen molar-refractivity contribution in [1.82, 2.24) is 4.98 Å². The van der Waals surface area contributed by atoms with Gasteiger partial charge >= 0.3 is 168 Å². The van der Waals surface area contributed by atoms with Crippen molar-refractivity contribution in [3.05, 3.63) is 36.0 Å². The molecule has 26 heavy (non-hydrogen) atoms. The molecule has 0 bridgehead atoms. The number of rotatable bonds is 11. The van der Waals surface area contributed by atoms with E-state index in [0.29, 0.717) is 0 Å². The van der Waals surface area contributed by atoms with Crippen molar-refractivity contribution in [1.29, 1.82) is 5.26 Å². The van der Waals surface area contributed by atoms with Gasteiger partial charge in [-0.2, -0.15) is 0 Å². The molecule has 0 aliphatic carbocycles. The number of thiazole rings is 1. The second kappa shape index (κ2) is 11.1. The van der Waals surface area contributed by atoms with Crippen LogP contribution in [0.2, 0.25) is 13.3 Å². The summed E-state index contributed by atoms with van der Waals surface area (Å²) in [5.41, 5.74) is 1.82. The van der Waals surface area contributed by atoms with Crippen molar-refractivity contribution >= 4 is 32.6 Å². The molecule has 140 valence electrons. The third-order valence-electron chi connectivity index (χ3n) is 5.29. The number of aromatic nitrogens is 1. The summed E-state index contributed by atoms with van der Waals surface area (Å²) in [4.78, 5) is 4.81. The fourth-order valence-corrected chi connectivity index (χ4v) is 23.3. The van der Waals surface area contributed by atoms with E-state index in [-0.39, 0.29) is 0 Å². The summed E-state index contributed by atoms with van der Waals surface area (Å²) in [5, 5.41) is 10.3. The normalized spacial score (nSPS) is 11.5. The molecule has 0 saturated carbocycles. The molecular formula is C22H32N2SSn. The number of nitrogens with zero attached hydrogens (tertiary/aromatic N) is 2. The fourth-order valence-electron chi connectivity index (χ4n) is 3.66. The third kappa shape index (κ3) is 5.57. The average Bonchev–Trinajstić information content (AvgIpc) is 3.18. The number of unbranched alkanes of at least 4 members (excludes halogenated alkanes) is 3. The Morgan fingerprint density at radius 3 is 2.15 bits per heavy atom. The maximum absolute atomic E-state index is 9.18. The first kappa shape index (κ1) is 21.4. The van der Waals surface area contributed by atoms with E-state index in [0.717, 1.165) is 16.1 Å². The van der Waals surface area contributed by atoms with Crippen molar-refractivity contribution in [3.63, 3.8) is 0 Å². The SMILES string of the molecule is CCC[CH2][Sn]([CH2]CCC)([CH2]CCC)[c]1cnc(-c2cccc(C#N)c2)s1. The van der Waals surface area contributed by atoms with E-state index >= 15 is 0 Å². The Labute approximate surface area is 167 Å². The van der Waals surface area contributed by atoms with E-state index in [1.54, 1.807) is 2.89 Å². The zero-order valence-corrected chi connectivity index (χ0v) is 20.2. The fraction of sp³-hybridized carbons (Fsp3) is 0.545. The van der Waals surface area contributed by atoms with Crippen molar-refractivity contribution < 1.29 is 0 Å². The van der Waals surface area contributed by atoms with Crippen LogP contribution in [0.4, 0.5) is 0 Å². The summed E-state index contributed by atoms with van der Waals surface area (Å²) in [7, 11) is 0.